The Bertz CT molecular complexity index is 1080. The van der Waals surface area contributed by atoms with Gasteiger partial charge in [-0.3, -0.25) is 4.57 Å². The van der Waals surface area contributed by atoms with Crippen LogP contribution in [0.2, 0.25) is 0 Å². The third-order valence-electron chi connectivity index (χ3n) is 5.03. The van der Waals surface area contributed by atoms with Gasteiger partial charge in [-0.05, 0) is 49.7 Å². The van der Waals surface area contributed by atoms with Gasteiger partial charge in [-0.15, -0.1) is 0 Å². The Morgan fingerprint density at radius 2 is 1.85 bits per heavy atom. The standard InChI is InChI=1S/C22H19F3N2/c1-15-7-8-20-17(13-15)18-14-26(2)11-10-21(18)27(20)12-9-16-5-3-4-6-19(16)22(23,24)25/h3-8,13H,10-11,14H2,1-2H3. The zero-order chi connectivity index (χ0) is 19.2. The van der Waals surface area contributed by atoms with E-state index in [1.165, 1.54) is 17.7 Å². The van der Waals surface area contributed by atoms with Gasteiger partial charge in [0.1, 0.15) is 0 Å². The summed E-state index contributed by atoms with van der Waals surface area (Å²) in [6, 6.07) is 14.6. The van der Waals surface area contributed by atoms with Gasteiger partial charge in [0.2, 0.25) is 0 Å². The molecule has 1 aliphatic rings. The summed E-state index contributed by atoms with van der Waals surface area (Å²) in [6.45, 7) is 3.77. The van der Waals surface area contributed by atoms with Crippen LogP contribution >= 0.6 is 0 Å². The maximum Gasteiger partial charge on any atom is 0.417 e. The van der Waals surface area contributed by atoms with Gasteiger partial charge in [0, 0.05) is 42.2 Å². The van der Waals surface area contributed by atoms with Gasteiger partial charge in [-0.1, -0.05) is 23.8 Å². The lowest BCUT2D eigenvalue weighted by atomic mass is 10.0. The highest BCUT2D eigenvalue weighted by Crippen LogP contribution is 2.32. The second-order valence-corrected chi connectivity index (χ2v) is 7.05. The molecule has 0 fully saturated rings. The van der Waals surface area contributed by atoms with Crippen LogP contribution in [-0.2, 0) is 19.1 Å². The summed E-state index contributed by atoms with van der Waals surface area (Å²) in [5.74, 6) is 2.77. The van der Waals surface area contributed by atoms with Crippen molar-refractivity contribution in [1.29, 1.82) is 0 Å². The summed E-state index contributed by atoms with van der Waals surface area (Å²) < 4.78 is 41.6. The number of alkyl halides is 3. The van der Waals surface area contributed by atoms with E-state index in [-0.39, 0.29) is 5.56 Å². The number of rotatable bonds is 0. The molecule has 4 rings (SSSR count). The van der Waals surface area contributed by atoms with Crippen molar-refractivity contribution in [3.05, 3.63) is 70.4 Å². The first kappa shape index (κ1) is 17.7. The van der Waals surface area contributed by atoms with Crippen molar-refractivity contribution in [2.45, 2.75) is 26.1 Å². The van der Waals surface area contributed by atoms with Crippen molar-refractivity contribution in [2.75, 3.05) is 13.6 Å². The van der Waals surface area contributed by atoms with E-state index in [0.717, 1.165) is 47.7 Å². The molecule has 0 spiro atoms. The molecular weight excluding hydrogens is 349 g/mol. The predicted molar refractivity (Wildman–Crippen MR) is 100 cm³/mol. The number of benzene rings is 2. The summed E-state index contributed by atoms with van der Waals surface area (Å²) in [6.07, 6.45) is -3.58. The Balaban J connectivity index is 1.90. The summed E-state index contributed by atoms with van der Waals surface area (Å²) >= 11 is 0. The first-order valence-electron chi connectivity index (χ1n) is 8.84. The van der Waals surface area contributed by atoms with Crippen molar-refractivity contribution in [3.63, 3.8) is 0 Å². The Labute approximate surface area is 156 Å². The maximum atomic E-state index is 13.2. The second-order valence-electron chi connectivity index (χ2n) is 7.05. The van der Waals surface area contributed by atoms with Gasteiger partial charge in [-0.2, -0.15) is 13.2 Å². The van der Waals surface area contributed by atoms with Crippen LogP contribution in [0, 0.1) is 18.9 Å². The van der Waals surface area contributed by atoms with E-state index in [0.29, 0.717) is 0 Å². The van der Waals surface area contributed by atoms with Crippen LogP contribution < -0.4 is 0 Å². The summed E-state index contributed by atoms with van der Waals surface area (Å²) in [4.78, 5) is 2.25. The molecule has 138 valence electrons. The highest BCUT2D eigenvalue weighted by molar-refractivity contribution is 5.87. The minimum Gasteiger partial charge on any atom is -0.302 e. The number of fused-ring (bicyclic) bond motifs is 3. The van der Waals surface area contributed by atoms with E-state index < -0.39 is 11.7 Å². The maximum absolute atomic E-state index is 13.2. The van der Waals surface area contributed by atoms with Gasteiger partial charge >= 0.3 is 6.18 Å². The lowest BCUT2D eigenvalue weighted by Gasteiger charge is -2.23. The van der Waals surface area contributed by atoms with E-state index in [2.05, 4.69) is 30.0 Å². The van der Waals surface area contributed by atoms with Gasteiger partial charge < -0.3 is 4.90 Å². The third kappa shape index (κ3) is 3.22. The zero-order valence-corrected chi connectivity index (χ0v) is 15.2. The zero-order valence-electron chi connectivity index (χ0n) is 15.2. The van der Waals surface area contributed by atoms with Crippen molar-refractivity contribution in [3.8, 4) is 12.0 Å². The SMILES string of the molecule is Cc1ccc2c(c1)c1c(n2C#Cc2ccccc2C(F)(F)F)CCN(C)C1. The molecule has 0 radical (unpaired) electrons. The summed E-state index contributed by atoms with van der Waals surface area (Å²) in [5.41, 5.74) is 3.74. The normalized spacial score (nSPS) is 14.7. The molecule has 0 amide bonds. The van der Waals surface area contributed by atoms with Crippen LogP contribution in [-0.4, -0.2) is 23.1 Å². The van der Waals surface area contributed by atoms with Gasteiger partial charge in [0.05, 0.1) is 11.1 Å². The Kier molecular flexibility index (Phi) is 4.24. The Hall–Kier alpha value is -2.71. The molecule has 0 unspecified atom stereocenters. The predicted octanol–water partition coefficient (Wildman–Crippen LogP) is 4.81. The number of hydrogen-bond donors (Lipinski definition) is 0. The highest BCUT2D eigenvalue weighted by Gasteiger charge is 2.32. The van der Waals surface area contributed by atoms with Crippen LogP contribution in [0.25, 0.3) is 10.9 Å². The molecule has 2 aromatic carbocycles. The van der Waals surface area contributed by atoms with E-state index in [1.54, 1.807) is 6.07 Å². The first-order valence-corrected chi connectivity index (χ1v) is 8.84. The molecule has 27 heavy (non-hydrogen) atoms. The average molecular weight is 368 g/mol. The number of hydrogen-bond acceptors (Lipinski definition) is 1. The minimum atomic E-state index is -4.41. The van der Waals surface area contributed by atoms with E-state index in [1.807, 2.05) is 23.6 Å². The fourth-order valence-electron chi connectivity index (χ4n) is 3.69. The van der Waals surface area contributed by atoms with Crippen molar-refractivity contribution in [2.24, 2.45) is 0 Å². The lowest BCUT2D eigenvalue weighted by Crippen LogP contribution is -2.27. The fraction of sp³-hybridized carbons (Fsp3) is 0.273. The minimum absolute atomic E-state index is 0.000592. The fourth-order valence-corrected chi connectivity index (χ4v) is 3.69. The second kappa shape index (κ2) is 6.47. The van der Waals surface area contributed by atoms with Crippen LogP contribution in [0.4, 0.5) is 13.2 Å². The Morgan fingerprint density at radius 3 is 2.63 bits per heavy atom. The van der Waals surface area contributed by atoms with Crippen LogP contribution in [0.5, 0.6) is 0 Å². The molecule has 5 heteroatoms. The van der Waals surface area contributed by atoms with Crippen molar-refractivity contribution in [1.82, 2.24) is 9.47 Å². The van der Waals surface area contributed by atoms with Crippen LogP contribution in [0.3, 0.4) is 0 Å². The Morgan fingerprint density at radius 1 is 1.07 bits per heavy atom. The number of halogens is 3. The molecule has 3 aromatic rings. The molecule has 2 nitrogen and oxygen atoms in total. The number of likely N-dealkylation sites (N-methyl/N-ethyl adjacent to an activating group) is 1. The number of aryl methyl sites for hydroxylation is 1. The molecule has 0 saturated carbocycles. The van der Waals surface area contributed by atoms with E-state index in [9.17, 15) is 13.2 Å². The molecule has 0 N–H and O–H groups in total. The quantitative estimate of drug-likeness (QED) is 0.517. The van der Waals surface area contributed by atoms with Gasteiger partial charge in [0.15, 0.2) is 0 Å². The molecule has 1 aliphatic heterocycles. The average Bonchev–Trinajstić information content (AvgIpc) is 2.92. The lowest BCUT2D eigenvalue weighted by molar-refractivity contribution is -0.137. The summed E-state index contributed by atoms with van der Waals surface area (Å²) in [5, 5.41) is 1.13. The highest BCUT2D eigenvalue weighted by atomic mass is 19.4. The molecule has 0 atom stereocenters. The smallest absolute Gasteiger partial charge is 0.302 e. The molecular formula is C22H19F3N2. The third-order valence-corrected chi connectivity index (χ3v) is 5.03. The van der Waals surface area contributed by atoms with Crippen LogP contribution in [0.1, 0.15) is 27.9 Å². The number of nitrogens with zero attached hydrogens (tertiary/aromatic N) is 2. The first-order chi connectivity index (χ1) is 12.8. The van der Waals surface area contributed by atoms with Crippen LogP contribution in [0.15, 0.2) is 42.5 Å². The van der Waals surface area contributed by atoms with Gasteiger partial charge in [-0.25, -0.2) is 0 Å². The van der Waals surface area contributed by atoms with Crippen molar-refractivity contribution >= 4 is 10.9 Å². The molecule has 0 bridgehead atoms. The van der Waals surface area contributed by atoms with Gasteiger partial charge in [0.25, 0.3) is 0 Å². The molecule has 1 aromatic heterocycles. The molecule has 0 aliphatic carbocycles. The van der Waals surface area contributed by atoms with Crippen molar-refractivity contribution < 1.29 is 13.2 Å². The summed E-state index contributed by atoms with van der Waals surface area (Å²) in [7, 11) is 2.08. The van der Waals surface area contributed by atoms with E-state index in [4.69, 9.17) is 0 Å². The topological polar surface area (TPSA) is 8.17 Å². The number of aromatic nitrogens is 1. The van der Waals surface area contributed by atoms with E-state index >= 15 is 0 Å². The molecule has 2 heterocycles. The largest absolute Gasteiger partial charge is 0.417 e. The monoisotopic (exact) mass is 368 g/mol. The molecule has 0 saturated heterocycles.